The Morgan fingerprint density at radius 3 is 2.64 bits per heavy atom. The molecule has 25 heavy (non-hydrogen) atoms. The normalized spacial score (nSPS) is 10.5. The summed E-state index contributed by atoms with van der Waals surface area (Å²) in [6.07, 6.45) is 2.65. The molecule has 1 amide bonds. The number of nitrogens with one attached hydrogen (secondary N) is 2. The van der Waals surface area contributed by atoms with E-state index in [1.165, 1.54) is 28.0 Å². The lowest BCUT2D eigenvalue weighted by molar-refractivity contribution is -0.114. The molecule has 0 aliphatic heterocycles. The molecule has 3 aromatic rings. The Balaban J connectivity index is 1.52. The molecule has 1 heterocycles. The van der Waals surface area contributed by atoms with E-state index in [2.05, 4.69) is 41.6 Å². The number of hydrogen-bond donors (Lipinski definition) is 2. The molecular formula is C20H21N3OS. The summed E-state index contributed by atoms with van der Waals surface area (Å²) in [5.74, 6) is -0.0983. The van der Waals surface area contributed by atoms with Crippen molar-refractivity contribution in [3.05, 3.63) is 76.3 Å². The number of benzene rings is 2. The molecule has 2 N–H and O–H groups in total. The van der Waals surface area contributed by atoms with Crippen LogP contribution in [0.15, 0.2) is 54.7 Å². The highest BCUT2D eigenvalue weighted by molar-refractivity contribution is 7.15. The van der Waals surface area contributed by atoms with Crippen LogP contribution < -0.4 is 10.6 Å². The van der Waals surface area contributed by atoms with Gasteiger partial charge in [0.05, 0.1) is 6.54 Å². The molecule has 0 aliphatic rings. The molecule has 0 saturated carbocycles. The average Bonchev–Trinajstić information content (AvgIpc) is 3.03. The van der Waals surface area contributed by atoms with E-state index in [0.29, 0.717) is 5.13 Å². The highest BCUT2D eigenvalue weighted by Crippen LogP contribution is 2.21. The molecule has 3 rings (SSSR count). The molecule has 128 valence electrons. The Hall–Kier alpha value is -2.66. The Morgan fingerprint density at radius 1 is 1.08 bits per heavy atom. The minimum absolute atomic E-state index is 0.0983. The van der Waals surface area contributed by atoms with Gasteiger partial charge in [-0.15, -0.1) is 11.3 Å². The number of carbonyl (C=O) groups is 1. The van der Waals surface area contributed by atoms with Crippen LogP contribution in [0.4, 0.5) is 10.8 Å². The summed E-state index contributed by atoms with van der Waals surface area (Å²) in [6, 6.07) is 16.3. The van der Waals surface area contributed by atoms with Crippen molar-refractivity contribution in [2.24, 2.45) is 0 Å². The fourth-order valence-electron chi connectivity index (χ4n) is 2.44. The number of carbonyl (C=O) groups excluding carboxylic acids is 1. The zero-order valence-electron chi connectivity index (χ0n) is 14.4. The van der Waals surface area contributed by atoms with Crippen LogP contribution in [0.2, 0.25) is 0 Å². The third-order valence-electron chi connectivity index (χ3n) is 3.98. The summed E-state index contributed by atoms with van der Waals surface area (Å²) in [5, 5.41) is 6.63. The molecule has 4 nitrogen and oxygen atoms in total. The van der Waals surface area contributed by atoms with Crippen LogP contribution in [-0.4, -0.2) is 17.4 Å². The molecule has 0 saturated heterocycles. The van der Waals surface area contributed by atoms with E-state index in [9.17, 15) is 4.79 Å². The zero-order chi connectivity index (χ0) is 17.6. The van der Waals surface area contributed by atoms with Gasteiger partial charge in [-0.2, -0.15) is 0 Å². The van der Waals surface area contributed by atoms with E-state index < -0.39 is 0 Å². The van der Waals surface area contributed by atoms with Gasteiger partial charge in [-0.3, -0.25) is 4.79 Å². The van der Waals surface area contributed by atoms with E-state index in [1.807, 2.05) is 42.6 Å². The van der Waals surface area contributed by atoms with Crippen molar-refractivity contribution in [2.75, 3.05) is 17.2 Å². The van der Waals surface area contributed by atoms with Crippen LogP contribution in [0.3, 0.4) is 0 Å². The minimum atomic E-state index is -0.0983. The predicted molar refractivity (Wildman–Crippen MR) is 104 cm³/mol. The number of hydrogen-bond acceptors (Lipinski definition) is 4. The highest BCUT2D eigenvalue weighted by atomic mass is 32.1. The van der Waals surface area contributed by atoms with Crippen LogP contribution in [0, 0.1) is 13.8 Å². The Labute approximate surface area is 151 Å². The van der Waals surface area contributed by atoms with E-state index in [4.69, 9.17) is 0 Å². The van der Waals surface area contributed by atoms with Gasteiger partial charge in [0.25, 0.3) is 0 Å². The van der Waals surface area contributed by atoms with Crippen molar-refractivity contribution < 1.29 is 4.79 Å². The van der Waals surface area contributed by atoms with Crippen molar-refractivity contribution >= 4 is 28.1 Å². The quantitative estimate of drug-likeness (QED) is 0.692. The van der Waals surface area contributed by atoms with Gasteiger partial charge in [-0.05, 0) is 42.7 Å². The summed E-state index contributed by atoms with van der Waals surface area (Å²) in [6.45, 7) is 4.35. The second-order valence-electron chi connectivity index (χ2n) is 5.99. The Bertz CT molecular complexity index is 858. The van der Waals surface area contributed by atoms with Crippen LogP contribution in [0.1, 0.15) is 21.6 Å². The van der Waals surface area contributed by atoms with E-state index in [0.717, 1.165) is 17.0 Å². The fourth-order valence-corrected chi connectivity index (χ4v) is 3.30. The molecule has 1 aromatic heterocycles. The van der Waals surface area contributed by atoms with Gasteiger partial charge in [0.15, 0.2) is 5.13 Å². The first-order valence-corrected chi connectivity index (χ1v) is 9.01. The zero-order valence-corrected chi connectivity index (χ0v) is 15.2. The number of aromatic nitrogens is 1. The molecule has 0 radical (unpaired) electrons. The lowest BCUT2D eigenvalue weighted by Crippen LogP contribution is -2.21. The minimum Gasteiger partial charge on any atom is -0.376 e. The van der Waals surface area contributed by atoms with Crippen molar-refractivity contribution in [1.82, 2.24) is 4.98 Å². The van der Waals surface area contributed by atoms with E-state index in [-0.39, 0.29) is 12.5 Å². The van der Waals surface area contributed by atoms with Crippen molar-refractivity contribution in [2.45, 2.75) is 20.3 Å². The largest absolute Gasteiger partial charge is 0.376 e. The number of aryl methyl sites for hydroxylation is 2. The molecule has 0 spiro atoms. The highest BCUT2D eigenvalue weighted by Gasteiger charge is 2.07. The lowest BCUT2D eigenvalue weighted by Gasteiger charge is -2.08. The number of nitrogens with zero attached hydrogens (tertiary/aromatic N) is 1. The maximum absolute atomic E-state index is 12.1. The van der Waals surface area contributed by atoms with Crippen molar-refractivity contribution in [3.8, 4) is 0 Å². The van der Waals surface area contributed by atoms with Crippen LogP contribution in [0.5, 0.6) is 0 Å². The lowest BCUT2D eigenvalue weighted by atomic mass is 10.1. The maximum atomic E-state index is 12.1. The molecule has 0 fully saturated rings. The van der Waals surface area contributed by atoms with Gasteiger partial charge >= 0.3 is 0 Å². The predicted octanol–water partition coefficient (Wildman–Crippen LogP) is 4.40. The molecule has 2 aromatic carbocycles. The molecule has 0 unspecified atom stereocenters. The number of thiazole rings is 1. The molecule has 0 aliphatic carbocycles. The Kier molecular flexibility index (Phi) is 5.46. The van der Waals surface area contributed by atoms with Gasteiger partial charge in [0, 0.05) is 23.2 Å². The molecule has 0 bridgehead atoms. The van der Waals surface area contributed by atoms with Gasteiger partial charge in [0.2, 0.25) is 5.91 Å². The van der Waals surface area contributed by atoms with Gasteiger partial charge in [0.1, 0.15) is 0 Å². The fraction of sp³-hybridized carbons (Fsp3) is 0.200. The van der Waals surface area contributed by atoms with Crippen molar-refractivity contribution in [3.63, 3.8) is 0 Å². The Morgan fingerprint density at radius 2 is 1.88 bits per heavy atom. The summed E-state index contributed by atoms with van der Waals surface area (Å²) < 4.78 is 0. The summed E-state index contributed by atoms with van der Waals surface area (Å²) in [4.78, 5) is 17.5. The first kappa shape index (κ1) is 17.2. The van der Waals surface area contributed by atoms with Crippen LogP contribution >= 0.6 is 11.3 Å². The maximum Gasteiger partial charge on any atom is 0.245 e. The van der Waals surface area contributed by atoms with Crippen molar-refractivity contribution in [1.29, 1.82) is 0 Å². The second kappa shape index (κ2) is 7.94. The number of anilines is 2. The van der Waals surface area contributed by atoms with Crippen LogP contribution in [0.25, 0.3) is 0 Å². The van der Waals surface area contributed by atoms with Gasteiger partial charge in [-0.1, -0.05) is 36.4 Å². The molecular weight excluding hydrogens is 330 g/mol. The molecule has 0 atom stereocenters. The SMILES string of the molecule is Cc1ccc(NCC(=O)Nc2ncc(Cc3ccccc3)s2)cc1C. The van der Waals surface area contributed by atoms with Crippen LogP contribution in [-0.2, 0) is 11.2 Å². The second-order valence-corrected chi connectivity index (χ2v) is 7.11. The number of rotatable bonds is 6. The first-order chi connectivity index (χ1) is 12.1. The van der Waals surface area contributed by atoms with E-state index >= 15 is 0 Å². The third kappa shape index (κ3) is 4.90. The van der Waals surface area contributed by atoms with Gasteiger partial charge in [-0.25, -0.2) is 4.98 Å². The van der Waals surface area contributed by atoms with Gasteiger partial charge < -0.3 is 10.6 Å². The molecule has 5 heteroatoms. The first-order valence-electron chi connectivity index (χ1n) is 8.20. The summed E-state index contributed by atoms with van der Waals surface area (Å²) in [7, 11) is 0. The summed E-state index contributed by atoms with van der Waals surface area (Å²) >= 11 is 1.51. The standard InChI is InChI=1S/C20H21N3OS/c1-14-8-9-17(10-15(14)2)21-13-19(24)23-20-22-12-18(25-20)11-16-6-4-3-5-7-16/h3-10,12,21H,11,13H2,1-2H3,(H,22,23,24). The third-order valence-corrected chi connectivity index (χ3v) is 4.89. The number of amides is 1. The van der Waals surface area contributed by atoms with E-state index in [1.54, 1.807) is 0 Å². The topological polar surface area (TPSA) is 54.0 Å². The summed E-state index contributed by atoms with van der Waals surface area (Å²) in [5.41, 5.74) is 4.63. The smallest absolute Gasteiger partial charge is 0.245 e. The monoisotopic (exact) mass is 351 g/mol. The average molecular weight is 351 g/mol.